The minimum atomic E-state index is -0.567. The van der Waals surface area contributed by atoms with Gasteiger partial charge in [-0.25, -0.2) is 9.37 Å². The summed E-state index contributed by atoms with van der Waals surface area (Å²) in [5.41, 5.74) is 0.612. The molecule has 2 aromatic rings. The molecule has 1 aromatic carbocycles. The Kier molecular flexibility index (Phi) is 4.47. The van der Waals surface area contributed by atoms with Crippen LogP contribution in [0.2, 0.25) is 0 Å². The number of nitrogens with zero attached hydrogens (tertiary/aromatic N) is 3. The van der Waals surface area contributed by atoms with Gasteiger partial charge >= 0.3 is 0 Å². The molecule has 0 aliphatic carbocycles. The van der Waals surface area contributed by atoms with Crippen molar-refractivity contribution < 1.29 is 14.6 Å². The van der Waals surface area contributed by atoms with Crippen LogP contribution in [0.1, 0.15) is 13.3 Å². The van der Waals surface area contributed by atoms with Crippen molar-refractivity contribution >= 4 is 5.82 Å². The number of phenolic OH excluding ortho intramolecular Hbond substituents is 1. The van der Waals surface area contributed by atoms with Crippen LogP contribution in [-0.4, -0.2) is 33.5 Å². The molecule has 1 heterocycles. The van der Waals surface area contributed by atoms with E-state index in [0.717, 1.165) is 12.5 Å². The molecular weight excluding hydrogens is 261 g/mol. The summed E-state index contributed by atoms with van der Waals surface area (Å²) in [6.07, 6.45) is 3.81. The summed E-state index contributed by atoms with van der Waals surface area (Å²) in [4.78, 5) is 9.98. The fraction of sp³-hybridized carbons (Fsp3) is 0.286. The average molecular weight is 277 g/mol. The Balaban J connectivity index is 2.38. The smallest absolute Gasteiger partial charge is 0.149 e. The second kappa shape index (κ2) is 6.29. The van der Waals surface area contributed by atoms with E-state index < -0.39 is 5.82 Å². The van der Waals surface area contributed by atoms with Crippen LogP contribution in [0.3, 0.4) is 0 Å². The van der Waals surface area contributed by atoms with Crippen LogP contribution in [0.4, 0.5) is 10.2 Å². The van der Waals surface area contributed by atoms with Crippen molar-refractivity contribution in [2.75, 3.05) is 18.2 Å². The Bertz CT molecular complexity index is 592. The molecule has 5 nitrogen and oxygen atoms in total. The summed E-state index contributed by atoms with van der Waals surface area (Å²) < 4.78 is 13.8. The van der Waals surface area contributed by atoms with Gasteiger partial charge in [-0.05, 0) is 18.6 Å². The minimum absolute atomic E-state index is 0.140. The number of halogens is 1. The molecule has 0 fully saturated rings. The highest BCUT2D eigenvalue weighted by molar-refractivity contribution is 5.61. The van der Waals surface area contributed by atoms with Gasteiger partial charge in [-0.1, -0.05) is 6.92 Å². The van der Waals surface area contributed by atoms with Gasteiger partial charge in [-0.3, -0.25) is 4.98 Å². The molecule has 106 valence electrons. The van der Waals surface area contributed by atoms with E-state index in [-0.39, 0.29) is 18.0 Å². The van der Waals surface area contributed by atoms with Gasteiger partial charge < -0.3 is 15.1 Å². The van der Waals surface area contributed by atoms with Gasteiger partial charge in [-0.2, -0.15) is 0 Å². The molecule has 6 heteroatoms. The zero-order valence-electron chi connectivity index (χ0n) is 11.1. The standard InChI is InChI=1S/C14H16FN3O2/c1-2-5-18(9-19)14-8-16-7-13(17-14)11-4-3-10(20)6-12(11)15/h3-4,6-8,19-20H,2,5,9H2,1H3. The van der Waals surface area contributed by atoms with Gasteiger partial charge in [0.05, 0.1) is 18.1 Å². The summed E-state index contributed by atoms with van der Waals surface area (Å²) in [5, 5.41) is 18.5. The van der Waals surface area contributed by atoms with Gasteiger partial charge in [0.2, 0.25) is 0 Å². The maximum atomic E-state index is 13.8. The number of phenols is 1. The van der Waals surface area contributed by atoms with Crippen molar-refractivity contribution in [3.63, 3.8) is 0 Å². The van der Waals surface area contributed by atoms with E-state index in [1.54, 1.807) is 4.90 Å². The predicted molar refractivity (Wildman–Crippen MR) is 73.8 cm³/mol. The summed E-state index contributed by atoms with van der Waals surface area (Å²) in [5.74, 6) is -0.222. The number of hydrogen-bond acceptors (Lipinski definition) is 5. The quantitative estimate of drug-likeness (QED) is 0.820. The van der Waals surface area contributed by atoms with E-state index in [0.29, 0.717) is 18.1 Å². The van der Waals surface area contributed by atoms with Crippen LogP contribution in [0.25, 0.3) is 11.3 Å². The lowest BCUT2D eigenvalue weighted by Crippen LogP contribution is -2.26. The predicted octanol–water partition coefficient (Wildman–Crippen LogP) is 2.15. The van der Waals surface area contributed by atoms with Gasteiger partial charge in [0, 0.05) is 18.2 Å². The van der Waals surface area contributed by atoms with Crippen LogP contribution in [0.15, 0.2) is 30.6 Å². The largest absolute Gasteiger partial charge is 0.508 e. The lowest BCUT2D eigenvalue weighted by Gasteiger charge is -2.20. The van der Waals surface area contributed by atoms with E-state index in [1.807, 2.05) is 6.92 Å². The van der Waals surface area contributed by atoms with Gasteiger partial charge in [0.1, 0.15) is 24.1 Å². The van der Waals surface area contributed by atoms with Crippen LogP contribution in [0, 0.1) is 5.82 Å². The molecule has 0 unspecified atom stereocenters. The van der Waals surface area contributed by atoms with E-state index in [2.05, 4.69) is 9.97 Å². The Hall–Kier alpha value is -2.21. The fourth-order valence-corrected chi connectivity index (χ4v) is 1.88. The first-order chi connectivity index (χ1) is 9.65. The van der Waals surface area contributed by atoms with Crippen molar-refractivity contribution in [1.82, 2.24) is 9.97 Å². The molecule has 20 heavy (non-hydrogen) atoms. The Morgan fingerprint density at radius 2 is 2.10 bits per heavy atom. The molecule has 0 aliphatic rings. The summed E-state index contributed by atoms with van der Waals surface area (Å²) in [6.45, 7) is 2.44. The van der Waals surface area contributed by atoms with Crippen molar-refractivity contribution in [1.29, 1.82) is 0 Å². The normalized spacial score (nSPS) is 10.6. The molecule has 0 atom stereocenters. The Labute approximate surface area is 116 Å². The van der Waals surface area contributed by atoms with E-state index >= 15 is 0 Å². The third-order valence-corrected chi connectivity index (χ3v) is 2.84. The molecule has 0 radical (unpaired) electrons. The molecule has 0 amide bonds. The highest BCUT2D eigenvalue weighted by Crippen LogP contribution is 2.25. The number of aliphatic hydroxyl groups is 1. The topological polar surface area (TPSA) is 69.5 Å². The van der Waals surface area contributed by atoms with Crippen LogP contribution in [-0.2, 0) is 0 Å². The molecule has 0 spiro atoms. The average Bonchev–Trinajstić information content (AvgIpc) is 2.45. The third kappa shape index (κ3) is 3.03. The molecule has 0 bridgehead atoms. The number of anilines is 1. The van der Waals surface area contributed by atoms with Crippen LogP contribution < -0.4 is 4.90 Å². The Morgan fingerprint density at radius 1 is 1.30 bits per heavy atom. The number of hydrogen-bond donors (Lipinski definition) is 2. The van der Waals surface area contributed by atoms with E-state index in [9.17, 15) is 14.6 Å². The van der Waals surface area contributed by atoms with Crippen molar-refractivity contribution in [2.45, 2.75) is 13.3 Å². The maximum Gasteiger partial charge on any atom is 0.149 e. The number of aromatic nitrogens is 2. The lowest BCUT2D eigenvalue weighted by molar-refractivity contribution is 0.289. The molecule has 1 aromatic heterocycles. The first-order valence-corrected chi connectivity index (χ1v) is 6.32. The number of aliphatic hydroxyl groups excluding tert-OH is 1. The Morgan fingerprint density at radius 3 is 2.75 bits per heavy atom. The molecule has 0 saturated heterocycles. The number of benzene rings is 1. The molecule has 0 aliphatic heterocycles. The monoisotopic (exact) mass is 277 g/mol. The maximum absolute atomic E-state index is 13.8. The summed E-state index contributed by atoms with van der Waals surface area (Å²) in [7, 11) is 0. The highest BCUT2D eigenvalue weighted by Gasteiger charge is 2.11. The van der Waals surface area contributed by atoms with Gasteiger partial charge in [0.25, 0.3) is 0 Å². The van der Waals surface area contributed by atoms with E-state index in [1.165, 1.54) is 24.5 Å². The molecule has 0 saturated carbocycles. The first kappa shape index (κ1) is 14.2. The van der Waals surface area contributed by atoms with Crippen LogP contribution in [0.5, 0.6) is 5.75 Å². The van der Waals surface area contributed by atoms with E-state index in [4.69, 9.17) is 0 Å². The van der Waals surface area contributed by atoms with Crippen molar-refractivity contribution in [3.05, 3.63) is 36.4 Å². The minimum Gasteiger partial charge on any atom is -0.508 e. The van der Waals surface area contributed by atoms with Gasteiger partial charge in [0.15, 0.2) is 0 Å². The zero-order valence-corrected chi connectivity index (χ0v) is 11.1. The fourth-order valence-electron chi connectivity index (χ4n) is 1.88. The SMILES string of the molecule is CCCN(CO)c1cncc(-c2ccc(O)cc2F)n1. The van der Waals surface area contributed by atoms with Crippen molar-refractivity contribution in [3.8, 4) is 17.0 Å². The second-order valence-electron chi connectivity index (χ2n) is 4.33. The molecule has 2 N–H and O–H groups in total. The molecule has 2 rings (SSSR count). The third-order valence-electron chi connectivity index (χ3n) is 2.84. The lowest BCUT2D eigenvalue weighted by atomic mass is 10.1. The molecular formula is C14H16FN3O2. The number of aromatic hydroxyl groups is 1. The highest BCUT2D eigenvalue weighted by atomic mass is 19.1. The van der Waals surface area contributed by atoms with Gasteiger partial charge in [-0.15, -0.1) is 0 Å². The summed E-state index contributed by atoms with van der Waals surface area (Å²) in [6, 6.07) is 3.86. The second-order valence-corrected chi connectivity index (χ2v) is 4.33. The van der Waals surface area contributed by atoms with Crippen LogP contribution >= 0.6 is 0 Å². The van der Waals surface area contributed by atoms with Crippen molar-refractivity contribution in [2.24, 2.45) is 0 Å². The number of rotatable bonds is 5. The first-order valence-electron chi connectivity index (χ1n) is 6.32. The zero-order chi connectivity index (χ0) is 14.5. The summed E-state index contributed by atoms with van der Waals surface area (Å²) >= 11 is 0.